The molecule has 0 unspecified atom stereocenters. The SMILES string of the molecule is CCCNc1cccnc1S(=O)(=O)NCc1ccnn1C. The number of sulfonamides is 1. The number of hydrogen-bond acceptors (Lipinski definition) is 5. The van der Waals surface area contributed by atoms with Crippen molar-refractivity contribution < 1.29 is 8.42 Å². The molecular formula is C13H19N5O2S. The van der Waals surface area contributed by atoms with Crippen molar-refractivity contribution in [1.82, 2.24) is 19.5 Å². The normalized spacial score (nSPS) is 11.5. The van der Waals surface area contributed by atoms with Crippen LogP contribution in [0.3, 0.4) is 0 Å². The smallest absolute Gasteiger partial charge is 0.260 e. The summed E-state index contributed by atoms with van der Waals surface area (Å²) < 4.78 is 28.9. The largest absolute Gasteiger partial charge is 0.383 e. The Bertz CT molecular complexity index is 696. The maximum Gasteiger partial charge on any atom is 0.260 e. The summed E-state index contributed by atoms with van der Waals surface area (Å²) in [6.07, 6.45) is 3.99. The Hall–Kier alpha value is -1.93. The van der Waals surface area contributed by atoms with E-state index >= 15 is 0 Å². The molecule has 2 aromatic rings. The number of anilines is 1. The molecule has 0 aliphatic heterocycles. The Morgan fingerprint density at radius 3 is 2.76 bits per heavy atom. The molecule has 8 heteroatoms. The Kier molecular flexibility index (Phi) is 4.92. The second-order valence-electron chi connectivity index (χ2n) is 4.55. The maximum atomic E-state index is 12.4. The van der Waals surface area contributed by atoms with Gasteiger partial charge in [-0.15, -0.1) is 0 Å². The van der Waals surface area contributed by atoms with Crippen LogP contribution in [-0.2, 0) is 23.6 Å². The zero-order valence-electron chi connectivity index (χ0n) is 12.1. The molecule has 0 saturated heterocycles. The van der Waals surface area contributed by atoms with Crippen LogP contribution in [0.5, 0.6) is 0 Å². The van der Waals surface area contributed by atoms with Crippen molar-refractivity contribution in [2.75, 3.05) is 11.9 Å². The van der Waals surface area contributed by atoms with Crippen LogP contribution in [-0.4, -0.2) is 29.7 Å². The van der Waals surface area contributed by atoms with E-state index in [4.69, 9.17) is 0 Å². The standard InChI is InChI=1S/C13H19N5O2S/c1-3-7-14-12-5-4-8-15-13(12)21(19,20)17-10-11-6-9-16-18(11)2/h4-6,8-9,14,17H,3,7,10H2,1-2H3. The predicted octanol–water partition coefficient (Wildman–Crippen LogP) is 1.12. The first kappa shape index (κ1) is 15.5. The first-order chi connectivity index (χ1) is 10.0. The number of aromatic nitrogens is 3. The van der Waals surface area contributed by atoms with Gasteiger partial charge in [-0.05, 0) is 24.6 Å². The lowest BCUT2D eigenvalue weighted by molar-refractivity contribution is 0.573. The predicted molar refractivity (Wildman–Crippen MR) is 80.3 cm³/mol. The van der Waals surface area contributed by atoms with Crippen molar-refractivity contribution in [1.29, 1.82) is 0 Å². The van der Waals surface area contributed by atoms with Crippen LogP contribution in [0.25, 0.3) is 0 Å². The third-order valence-corrected chi connectivity index (χ3v) is 4.32. The van der Waals surface area contributed by atoms with Gasteiger partial charge >= 0.3 is 0 Å². The monoisotopic (exact) mass is 309 g/mol. The van der Waals surface area contributed by atoms with Gasteiger partial charge in [-0.3, -0.25) is 4.68 Å². The Morgan fingerprint density at radius 1 is 1.29 bits per heavy atom. The Balaban J connectivity index is 2.17. The molecule has 0 atom stereocenters. The fourth-order valence-electron chi connectivity index (χ4n) is 1.81. The highest BCUT2D eigenvalue weighted by Gasteiger charge is 2.20. The molecule has 7 nitrogen and oxygen atoms in total. The van der Waals surface area contributed by atoms with Crippen LogP contribution < -0.4 is 10.0 Å². The molecule has 0 aliphatic carbocycles. The Morgan fingerprint density at radius 2 is 2.10 bits per heavy atom. The lowest BCUT2D eigenvalue weighted by atomic mass is 10.4. The summed E-state index contributed by atoms with van der Waals surface area (Å²) >= 11 is 0. The summed E-state index contributed by atoms with van der Waals surface area (Å²) in [6, 6.07) is 5.18. The molecule has 2 heterocycles. The molecule has 0 aliphatic rings. The molecule has 114 valence electrons. The average Bonchev–Trinajstić information content (AvgIpc) is 2.89. The molecule has 2 aromatic heterocycles. The summed E-state index contributed by atoms with van der Waals surface area (Å²) in [7, 11) is -1.92. The van der Waals surface area contributed by atoms with Crippen LogP contribution in [0.1, 0.15) is 19.0 Å². The third kappa shape index (κ3) is 3.79. The molecule has 0 radical (unpaired) electrons. The van der Waals surface area contributed by atoms with E-state index in [-0.39, 0.29) is 11.6 Å². The van der Waals surface area contributed by atoms with Crippen LogP contribution in [0.15, 0.2) is 35.6 Å². The quantitative estimate of drug-likeness (QED) is 0.800. The van der Waals surface area contributed by atoms with Crippen molar-refractivity contribution in [3.8, 4) is 0 Å². The van der Waals surface area contributed by atoms with Crippen LogP contribution in [0.4, 0.5) is 5.69 Å². The summed E-state index contributed by atoms with van der Waals surface area (Å²) in [4.78, 5) is 3.99. The number of pyridine rings is 1. The van der Waals surface area contributed by atoms with Crippen molar-refractivity contribution in [3.05, 3.63) is 36.3 Å². The van der Waals surface area contributed by atoms with Gasteiger partial charge in [0.15, 0.2) is 5.03 Å². The molecule has 2 rings (SSSR count). The molecule has 0 saturated carbocycles. The number of nitrogens with zero attached hydrogens (tertiary/aromatic N) is 3. The van der Waals surface area contributed by atoms with Crippen LogP contribution in [0, 0.1) is 0 Å². The van der Waals surface area contributed by atoms with Crippen molar-refractivity contribution >= 4 is 15.7 Å². The number of nitrogens with one attached hydrogen (secondary N) is 2. The molecule has 0 bridgehead atoms. The lowest BCUT2D eigenvalue weighted by Gasteiger charge is -2.11. The van der Waals surface area contributed by atoms with Crippen molar-refractivity contribution in [2.24, 2.45) is 7.05 Å². The molecule has 0 fully saturated rings. The summed E-state index contributed by atoms with van der Waals surface area (Å²) in [5.41, 5.74) is 1.29. The summed E-state index contributed by atoms with van der Waals surface area (Å²) in [6.45, 7) is 2.87. The van der Waals surface area contributed by atoms with Crippen LogP contribution >= 0.6 is 0 Å². The molecular weight excluding hydrogens is 290 g/mol. The van der Waals surface area contributed by atoms with Gasteiger partial charge < -0.3 is 5.32 Å². The summed E-state index contributed by atoms with van der Waals surface area (Å²) in [5, 5.41) is 7.09. The van der Waals surface area contributed by atoms with E-state index < -0.39 is 10.0 Å². The van der Waals surface area contributed by atoms with E-state index in [2.05, 4.69) is 20.1 Å². The van der Waals surface area contributed by atoms with Gasteiger partial charge in [0.1, 0.15) is 0 Å². The lowest BCUT2D eigenvalue weighted by Crippen LogP contribution is -2.26. The molecule has 0 spiro atoms. The van der Waals surface area contributed by atoms with Crippen molar-refractivity contribution in [2.45, 2.75) is 24.9 Å². The van der Waals surface area contributed by atoms with E-state index in [1.54, 1.807) is 36.1 Å². The number of aryl methyl sites for hydroxylation is 1. The van der Waals surface area contributed by atoms with Gasteiger partial charge in [0.05, 0.1) is 17.9 Å². The zero-order chi connectivity index (χ0) is 15.3. The molecule has 0 amide bonds. The van der Waals surface area contributed by atoms with Gasteiger partial charge in [-0.1, -0.05) is 6.92 Å². The minimum Gasteiger partial charge on any atom is -0.383 e. The van der Waals surface area contributed by atoms with E-state index in [0.29, 0.717) is 12.2 Å². The van der Waals surface area contributed by atoms with E-state index in [1.807, 2.05) is 6.92 Å². The van der Waals surface area contributed by atoms with E-state index in [0.717, 1.165) is 12.1 Å². The molecule has 21 heavy (non-hydrogen) atoms. The average molecular weight is 309 g/mol. The maximum absolute atomic E-state index is 12.4. The molecule has 0 aromatic carbocycles. The second kappa shape index (κ2) is 6.68. The second-order valence-corrected chi connectivity index (χ2v) is 6.24. The zero-order valence-corrected chi connectivity index (χ0v) is 12.9. The van der Waals surface area contributed by atoms with E-state index in [9.17, 15) is 8.42 Å². The van der Waals surface area contributed by atoms with Crippen molar-refractivity contribution in [3.63, 3.8) is 0 Å². The van der Waals surface area contributed by atoms with Crippen LogP contribution in [0.2, 0.25) is 0 Å². The van der Waals surface area contributed by atoms with Gasteiger partial charge in [-0.25, -0.2) is 18.1 Å². The highest BCUT2D eigenvalue weighted by atomic mass is 32.2. The van der Waals surface area contributed by atoms with Gasteiger partial charge in [-0.2, -0.15) is 5.10 Å². The van der Waals surface area contributed by atoms with E-state index in [1.165, 1.54) is 6.20 Å². The Labute approximate surface area is 124 Å². The highest BCUT2D eigenvalue weighted by Crippen LogP contribution is 2.18. The fraction of sp³-hybridized carbons (Fsp3) is 0.385. The number of hydrogen-bond donors (Lipinski definition) is 2. The van der Waals surface area contributed by atoms with Gasteiger partial charge in [0, 0.05) is 26.0 Å². The molecule has 2 N–H and O–H groups in total. The highest BCUT2D eigenvalue weighted by molar-refractivity contribution is 7.89. The summed E-state index contributed by atoms with van der Waals surface area (Å²) in [5.74, 6) is 0. The topological polar surface area (TPSA) is 88.9 Å². The van der Waals surface area contributed by atoms with Gasteiger partial charge in [0.2, 0.25) is 0 Å². The first-order valence-electron chi connectivity index (χ1n) is 6.70. The minimum absolute atomic E-state index is 0.0145. The number of rotatable bonds is 7. The minimum atomic E-state index is -3.68. The third-order valence-electron chi connectivity index (χ3n) is 2.96. The first-order valence-corrected chi connectivity index (χ1v) is 8.18. The fourth-order valence-corrected chi connectivity index (χ4v) is 2.92. The van der Waals surface area contributed by atoms with Gasteiger partial charge in [0.25, 0.3) is 10.0 Å².